The van der Waals surface area contributed by atoms with Gasteiger partial charge in [0.2, 0.25) is 9.84 Å². The lowest BCUT2D eigenvalue weighted by Gasteiger charge is -2.32. The third kappa shape index (κ3) is 4.00. The number of carboxylic acids is 1. The van der Waals surface area contributed by atoms with Crippen LogP contribution in [0.15, 0.2) is 113 Å². The number of rotatable bonds is 8. The van der Waals surface area contributed by atoms with Gasteiger partial charge in [0, 0.05) is 24.2 Å². The number of hydrogen-bond acceptors (Lipinski definition) is 4. The second kappa shape index (κ2) is 8.97. The van der Waals surface area contributed by atoms with Crippen LogP contribution in [-0.4, -0.2) is 19.5 Å². The Kier molecular flexibility index (Phi) is 6.37. The van der Waals surface area contributed by atoms with Gasteiger partial charge in [-0.1, -0.05) is 60.7 Å². The number of carboxylic acid groups (broad SMARTS) is 1. The minimum absolute atomic E-state index is 0.00317. The highest BCUT2D eigenvalue weighted by atomic mass is 32.2. The van der Waals surface area contributed by atoms with Crippen molar-refractivity contribution in [3.8, 4) is 0 Å². The maximum atomic E-state index is 13.7. The Labute approximate surface area is 176 Å². The molecule has 1 aliphatic rings. The molecular formula is C24H23NO4S. The molecule has 0 radical (unpaired) electrons. The van der Waals surface area contributed by atoms with Crippen LogP contribution in [0.1, 0.15) is 24.3 Å². The van der Waals surface area contributed by atoms with Crippen LogP contribution in [0, 0.1) is 0 Å². The van der Waals surface area contributed by atoms with Crippen molar-refractivity contribution in [2.75, 3.05) is 0 Å². The van der Waals surface area contributed by atoms with E-state index in [1.165, 1.54) is 12.1 Å². The van der Waals surface area contributed by atoms with Crippen molar-refractivity contribution in [1.29, 1.82) is 0 Å². The number of sulfone groups is 1. The number of nitrogens with one attached hydrogen (secondary N) is 1. The Morgan fingerprint density at radius 1 is 0.933 bits per heavy atom. The molecule has 2 N–H and O–H groups in total. The molecule has 6 heteroatoms. The first-order chi connectivity index (χ1) is 14.4. The predicted molar refractivity (Wildman–Crippen MR) is 117 cm³/mol. The molecule has 154 valence electrons. The molecule has 0 aliphatic carbocycles. The van der Waals surface area contributed by atoms with Crippen LogP contribution in [0.2, 0.25) is 0 Å². The molecule has 1 aliphatic heterocycles. The van der Waals surface area contributed by atoms with Crippen LogP contribution < -0.4 is 5.32 Å². The molecule has 0 spiro atoms. The second-order valence-corrected chi connectivity index (χ2v) is 8.73. The number of allylic oxidation sites excluding steroid dienone is 3. The summed E-state index contributed by atoms with van der Waals surface area (Å²) >= 11 is 0. The molecule has 1 heterocycles. The zero-order chi connectivity index (χ0) is 21.7. The van der Waals surface area contributed by atoms with Crippen LogP contribution in [0.3, 0.4) is 0 Å². The van der Waals surface area contributed by atoms with E-state index < -0.39 is 21.7 Å². The van der Waals surface area contributed by atoms with Crippen molar-refractivity contribution in [3.63, 3.8) is 0 Å². The second-order valence-electron chi connectivity index (χ2n) is 6.81. The third-order valence-electron chi connectivity index (χ3n) is 4.88. The molecule has 3 rings (SSSR count). The van der Waals surface area contributed by atoms with E-state index in [-0.39, 0.29) is 28.2 Å². The lowest BCUT2D eigenvalue weighted by atomic mass is 9.85. The lowest BCUT2D eigenvalue weighted by molar-refractivity contribution is -0.133. The lowest BCUT2D eigenvalue weighted by Crippen LogP contribution is -2.32. The number of dihydropyridines is 1. The average molecular weight is 422 g/mol. The number of aliphatic carboxylic acids is 1. The van der Waals surface area contributed by atoms with E-state index in [0.717, 1.165) is 0 Å². The molecule has 2 aromatic rings. The summed E-state index contributed by atoms with van der Waals surface area (Å²) in [6.45, 7) is 7.46. The van der Waals surface area contributed by atoms with Gasteiger partial charge < -0.3 is 10.4 Å². The fourth-order valence-corrected chi connectivity index (χ4v) is 5.44. The van der Waals surface area contributed by atoms with Crippen LogP contribution in [0.5, 0.6) is 0 Å². The molecule has 1 atom stereocenters. The number of carbonyl (C=O) groups is 1. The minimum Gasteiger partial charge on any atom is -0.478 e. The molecule has 2 aromatic carbocycles. The van der Waals surface area contributed by atoms with Gasteiger partial charge in [0.05, 0.1) is 21.3 Å². The largest absolute Gasteiger partial charge is 0.478 e. The standard InChI is InChI=1S/C24H23NO4S/c1-3-11-19-22(24(26)27)21(17-13-7-5-8-14-17)23(20(25-19)12-4-2)30(28,29)18-15-9-6-10-16-18/h3-10,13-16,21,25H,1-2,11-12H2,(H,26,27). The summed E-state index contributed by atoms with van der Waals surface area (Å²) in [4.78, 5) is 12.5. The van der Waals surface area contributed by atoms with Crippen molar-refractivity contribution < 1.29 is 18.3 Å². The fraction of sp³-hybridized carbons (Fsp3) is 0.125. The van der Waals surface area contributed by atoms with E-state index in [1.807, 2.05) is 0 Å². The molecule has 0 fully saturated rings. The van der Waals surface area contributed by atoms with E-state index in [1.54, 1.807) is 60.7 Å². The van der Waals surface area contributed by atoms with E-state index in [0.29, 0.717) is 17.0 Å². The molecule has 5 nitrogen and oxygen atoms in total. The summed E-state index contributed by atoms with van der Waals surface area (Å²) in [6, 6.07) is 16.9. The highest BCUT2D eigenvalue weighted by Crippen LogP contribution is 2.44. The van der Waals surface area contributed by atoms with E-state index >= 15 is 0 Å². The maximum Gasteiger partial charge on any atom is 0.334 e. The normalized spacial score (nSPS) is 16.7. The minimum atomic E-state index is -3.99. The molecule has 0 aromatic heterocycles. The molecule has 0 saturated heterocycles. The smallest absolute Gasteiger partial charge is 0.334 e. The summed E-state index contributed by atoms with van der Waals surface area (Å²) in [5.74, 6) is -2.13. The van der Waals surface area contributed by atoms with Crippen LogP contribution in [0.25, 0.3) is 0 Å². The summed E-state index contributed by atoms with van der Waals surface area (Å²) in [5.41, 5.74) is 1.44. The van der Waals surface area contributed by atoms with Gasteiger partial charge in [-0.05, 0) is 17.7 Å². The zero-order valence-corrected chi connectivity index (χ0v) is 17.2. The fourth-order valence-electron chi connectivity index (χ4n) is 3.65. The first-order valence-corrected chi connectivity index (χ1v) is 10.9. The van der Waals surface area contributed by atoms with Gasteiger partial charge in [0.15, 0.2) is 0 Å². The van der Waals surface area contributed by atoms with Crippen molar-refractivity contribution in [1.82, 2.24) is 5.32 Å². The Bertz CT molecular complexity index is 1130. The topological polar surface area (TPSA) is 83.5 Å². The zero-order valence-electron chi connectivity index (χ0n) is 16.4. The van der Waals surface area contributed by atoms with E-state index in [4.69, 9.17) is 0 Å². The number of benzene rings is 2. The quantitative estimate of drug-likeness (QED) is 0.611. The van der Waals surface area contributed by atoms with Gasteiger partial charge in [0.25, 0.3) is 0 Å². The molecule has 1 unspecified atom stereocenters. The molecule has 0 bridgehead atoms. The SMILES string of the molecule is C=CCC1=C(C(=O)O)C(c2ccccc2)C(S(=O)(=O)c2ccccc2)=C(CC=C)N1. The Hall–Kier alpha value is -3.38. The van der Waals surface area contributed by atoms with Crippen molar-refractivity contribution in [3.05, 3.63) is 113 Å². The van der Waals surface area contributed by atoms with Crippen LogP contribution in [-0.2, 0) is 14.6 Å². The van der Waals surface area contributed by atoms with E-state index in [9.17, 15) is 18.3 Å². The van der Waals surface area contributed by atoms with Crippen molar-refractivity contribution in [2.45, 2.75) is 23.7 Å². The summed E-state index contributed by atoms with van der Waals surface area (Å²) < 4.78 is 27.4. The summed E-state index contributed by atoms with van der Waals surface area (Å²) in [6.07, 6.45) is 3.71. The monoisotopic (exact) mass is 421 g/mol. The van der Waals surface area contributed by atoms with Gasteiger partial charge in [-0.3, -0.25) is 0 Å². The third-order valence-corrected chi connectivity index (χ3v) is 6.83. The molecule has 0 saturated carbocycles. The van der Waals surface area contributed by atoms with Gasteiger partial charge in [-0.15, -0.1) is 13.2 Å². The van der Waals surface area contributed by atoms with Gasteiger partial charge in [-0.2, -0.15) is 0 Å². The van der Waals surface area contributed by atoms with Crippen molar-refractivity contribution in [2.24, 2.45) is 0 Å². The Balaban J connectivity index is 2.37. The predicted octanol–water partition coefficient (Wildman–Crippen LogP) is 4.55. The summed E-state index contributed by atoms with van der Waals surface area (Å²) in [5, 5.41) is 13.1. The first-order valence-electron chi connectivity index (χ1n) is 9.45. The van der Waals surface area contributed by atoms with Gasteiger partial charge in [0.1, 0.15) is 0 Å². The van der Waals surface area contributed by atoms with Crippen LogP contribution >= 0.6 is 0 Å². The highest BCUT2D eigenvalue weighted by molar-refractivity contribution is 7.95. The Morgan fingerprint density at radius 2 is 1.47 bits per heavy atom. The van der Waals surface area contributed by atoms with Crippen molar-refractivity contribution >= 4 is 15.8 Å². The average Bonchev–Trinajstić information content (AvgIpc) is 2.74. The maximum absolute atomic E-state index is 13.7. The number of hydrogen-bond donors (Lipinski definition) is 2. The van der Waals surface area contributed by atoms with E-state index in [2.05, 4.69) is 18.5 Å². The Morgan fingerprint density at radius 3 is 2.00 bits per heavy atom. The van der Waals surface area contributed by atoms with Crippen LogP contribution in [0.4, 0.5) is 0 Å². The highest BCUT2D eigenvalue weighted by Gasteiger charge is 2.41. The molecule has 0 amide bonds. The van der Waals surface area contributed by atoms with Gasteiger partial charge >= 0.3 is 5.97 Å². The first kappa shape index (κ1) is 21.3. The molecular weight excluding hydrogens is 398 g/mol. The van der Waals surface area contributed by atoms with Gasteiger partial charge in [-0.25, -0.2) is 13.2 Å². The molecule has 30 heavy (non-hydrogen) atoms. The summed E-state index contributed by atoms with van der Waals surface area (Å²) in [7, 11) is -3.99.